The van der Waals surface area contributed by atoms with Crippen LogP contribution in [0.5, 0.6) is 0 Å². The van der Waals surface area contributed by atoms with Crippen LogP contribution in [0.25, 0.3) is 0 Å². The quantitative estimate of drug-likeness (QED) is 0.446. The molecule has 1 amide bonds. The molecule has 0 fully saturated rings. The van der Waals surface area contributed by atoms with Crippen molar-refractivity contribution >= 4 is 34.7 Å². The van der Waals surface area contributed by atoms with Crippen LogP contribution in [0.3, 0.4) is 0 Å². The molecule has 7 nitrogen and oxygen atoms in total. The summed E-state index contributed by atoms with van der Waals surface area (Å²) < 4.78 is 0. The van der Waals surface area contributed by atoms with E-state index in [1.807, 2.05) is 18.2 Å². The minimum atomic E-state index is -0.455. The first kappa shape index (κ1) is 18.3. The molecule has 0 radical (unpaired) electrons. The van der Waals surface area contributed by atoms with Crippen LogP contribution in [-0.2, 0) is 4.79 Å². The number of para-hydroxylation sites is 1. The first-order chi connectivity index (χ1) is 12.0. The third kappa shape index (κ3) is 4.96. The number of nitro groups is 1. The fourth-order valence-electron chi connectivity index (χ4n) is 2.19. The lowest BCUT2D eigenvalue weighted by atomic mass is 10.1. The first-order valence-electron chi connectivity index (χ1n) is 7.39. The van der Waals surface area contributed by atoms with Gasteiger partial charge in [0.1, 0.15) is 0 Å². The summed E-state index contributed by atoms with van der Waals surface area (Å²) in [4.78, 5) is 23.5. The van der Waals surface area contributed by atoms with Gasteiger partial charge in [0.25, 0.3) is 5.69 Å². The molecule has 0 aliphatic heterocycles. The minimum Gasteiger partial charge on any atom is -0.376 e. The highest BCUT2D eigenvalue weighted by molar-refractivity contribution is 7.99. The Bertz CT molecular complexity index is 833. The van der Waals surface area contributed by atoms with Crippen molar-refractivity contribution in [3.8, 4) is 6.07 Å². The van der Waals surface area contributed by atoms with Crippen molar-refractivity contribution in [3.63, 3.8) is 0 Å². The van der Waals surface area contributed by atoms with Crippen molar-refractivity contribution in [1.82, 2.24) is 0 Å². The average molecular weight is 356 g/mol. The largest absolute Gasteiger partial charge is 0.376 e. The molecule has 0 aliphatic rings. The molecule has 0 bridgehead atoms. The number of nitro benzene ring substituents is 1. The zero-order valence-corrected chi connectivity index (χ0v) is 14.3. The zero-order valence-electron chi connectivity index (χ0n) is 13.5. The Balaban J connectivity index is 2.02. The van der Waals surface area contributed by atoms with Gasteiger partial charge in [-0.2, -0.15) is 5.26 Å². The Kier molecular flexibility index (Phi) is 6.37. The number of hydrogen-bond donors (Lipinski definition) is 2. The fourth-order valence-corrected chi connectivity index (χ4v) is 2.86. The van der Waals surface area contributed by atoms with Gasteiger partial charge < -0.3 is 10.6 Å². The van der Waals surface area contributed by atoms with Crippen molar-refractivity contribution < 1.29 is 9.72 Å². The second kappa shape index (κ2) is 8.70. The van der Waals surface area contributed by atoms with Gasteiger partial charge in [-0.1, -0.05) is 18.2 Å². The van der Waals surface area contributed by atoms with Gasteiger partial charge in [-0.05, 0) is 25.1 Å². The summed E-state index contributed by atoms with van der Waals surface area (Å²) in [5.74, 6) is 0.00813. The standard InChI is InChI=1S/C17H16N4O3S/c1-12-13(6-4-7-15(12)21(23)24)19-11-17(22)20-14-5-2-3-8-16(14)25-10-9-18/h2-8,19H,10-11H2,1H3,(H,20,22). The number of hydrogen-bond acceptors (Lipinski definition) is 6. The molecule has 0 spiro atoms. The van der Waals surface area contributed by atoms with Crippen LogP contribution in [-0.4, -0.2) is 23.1 Å². The van der Waals surface area contributed by atoms with Gasteiger partial charge in [-0.25, -0.2) is 0 Å². The predicted octanol–water partition coefficient (Wildman–Crippen LogP) is 3.57. The molecular weight excluding hydrogens is 340 g/mol. The molecule has 0 heterocycles. The summed E-state index contributed by atoms with van der Waals surface area (Å²) >= 11 is 1.34. The summed E-state index contributed by atoms with van der Waals surface area (Å²) in [5, 5.41) is 25.3. The van der Waals surface area contributed by atoms with E-state index in [2.05, 4.69) is 10.6 Å². The van der Waals surface area contributed by atoms with Crippen LogP contribution in [0.2, 0.25) is 0 Å². The number of nitriles is 1. The van der Waals surface area contributed by atoms with E-state index in [0.717, 1.165) is 4.90 Å². The highest BCUT2D eigenvalue weighted by Gasteiger charge is 2.14. The third-order valence-corrected chi connectivity index (χ3v) is 4.34. The molecule has 25 heavy (non-hydrogen) atoms. The molecule has 2 aromatic rings. The number of nitrogens with one attached hydrogen (secondary N) is 2. The number of benzene rings is 2. The number of amides is 1. The van der Waals surface area contributed by atoms with Gasteiger partial charge in [-0.3, -0.25) is 14.9 Å². The number of thioether (sulfide) groups is 1. The number of carbonyl (C=O) groups excluding carboxylic acids is 1. The summed E-state index contributed by atoms with van der Waals surface area (Å²) in [5.41, 5.74) is 1.65. The van der Waals surface area contributed by atoms with Crippen LogP contribution in [0.1, 0.15) is 5.56 Å². The van der Waals surface area contributed by atoms with Gasteiger partial charge in [0.15, 0.2) is 0 Å². The second-order valence-electron chi connectivity index (χ2n) is 5.05. The lowest BCUT2D eigenvalue weighted by Crippen LogP contribution is -2.22. The van der Waals surface area contributed by atoms with Crippen LogP contribution >= 0.6 is 11.8 Å². The van der Waals surface area contributed by atoms with Crippen molar-refractivity contribution in [2.24, 2.45) is 0 Å². The van der Waals surface area contributed by atoms with Gasteiger partial charge in [0.2, 0.25) is 5.91 Å². The molecule has 0 aromatic heterocycles. The van der Waals surface area contributed by atoms with Gasteiger partial charge in [0, 0.05) is 22.2 Å². The van der Waals surface area contributed by atoms with Crippen LogP contribution in [0.15, 0.2) is 47.4 Å². The molecule has 0 unspecified atom stereocenters. The van der Waals surface area contributed by atoms with Crippen LogP contribution in [0.4, 0.5) is 17.1 Å². The second-order valence-corrected chi connectivity index (χ2v) is 6.07. The molecule has 8 heteroatoms. The molecule has 0 saturated carbocycles. The van der Waals surface area contributed by atoms with E-state index in [0.29, 0.717) is 16.9 Å². The smallest absolute Gasteiger partial charge is 0.274 e. The Morgan fingerprint density at radius 2 is 1.96 bits per heavy atom. The number of nitrogens with zero attached hydrogens (tertiary/aromatic N) is 2. The number of anilines is 2. The number of rotatable bonds is 7. The highest BCUT2D eigenvalue weighted by Crippen LogP contribution is 2.27. The third-order valence-electron chi connectivity index (χ3n) is 3.39. The topological polar surface area (TPSA) is 108 Å². The van der Waals surface area contributed by atoms with E-state index < -0.39 is 4.92 Å². The van der Waals surface area contributed by atoms with E-state index in [-0.39, 0.29) is 23.9 Å². The molecule has 2 aromatic carbocycles. The normalized spacial score (nSPS) is 9.92. The maximum Gasteiger partial charge on any atom is 0.274 e. The SMILES string of the molecule is Cc1c(NCC(=O)Nc2ccccc2SCC#N)cccc1[N+](=O)[O-]. The van der Waals surface area contributed by atoms with Gasteiger partial charge >= 0.3 is 0 Å². The van der Waals surface area contributed by atoms with Gasteiger partial charge in [0.05, 0.1) is 29.0 Å². The molecule has 0 aliphatic carbocycles. The minimum absolute atomic E-state index is 0.00339. The maximum absolute atomic E-state index is 12.2. The summed E-state index contributed by atoms with van der Waals surface area (Å²) in [6, 6.07) is 13.9. The van der Waals surface area contributed by atoms with Crippen molar-refractivity contribution in [3.05, 3.63) is 58.1 Å². The summed E-state index contributed by atoms with van der Waals surface area (Å²) in [7, 11) is 0. The Morgan fingerprint density at radius 3 is 2.68 bits per heavy atom. The van der Waals surface area contributed by atoms with Crippen LogP contribution < -0.4 is 10.6 Å². The van der Waals surface area contributed by atoms with Crippen molar-refractivity contribution in [2.75, 3.05) is 22.9 Å². The monoisotopic (exact) mass is 356 g/mol. The van der Waals surface area contributed by atoms with Crippen molar-refractivity contribution in [2.45, 2.75) is 11.8 Å². The van der Waals surface area contributed by atoms with Crippen molar-refractivity contribution in [1.29, 1.82) is 5.26 Å². The Labute approximate surface area is 149 Å². The molecule has 0 saturated heterocycles. The van der Waals surface area contributed by atoms with E-state index in [1.54, 1.807) is 31.2 Å². The molecular formula is C17H16N4O3S. The van der Waals surface area contributed by atoms with Gasteiger partial charge in [-0.15, -0.1) is 11.8 Å². The van der Waals surface area contributed by atoms with E-state index >= 15 is 0 Å². The Hall–Kier alpha value is -3.05. The average Bonchev–Trinajstić information content (AvgIpc) is 2.60. The lowest BCUT2D eigenvalue weighted by molar-refractivity contribution is -0.385. The Morgan fingerprint density at radius 1 is 1.24 bits per heavy atom. The number of carbonyl (C=O) groups is 1. The van der Waals surface area contributed by atoms with E-state index in [9.17, 15) is 14.9 Å². The first-order valence-corrected chi connectivity index (χ1v) is 8.38. The molecule has 2 rings (SSSR count). The summed E-state index contributed by atoms with van der Waals surface area (Å²) in [6.45, 7) is 1.60. The molecule has 2 N–H and O–H groups in total. The van der Waals surface area contributed by atoms with E-state index in [1.165, 1.54) is 17.8 Å². The van der Waals surface area contributed by atoms with E-state index in [4.69, 9.17) is 5.26 Å². The highest BCUT2D eigenvalue weighted by atomic mass is 32.2. The lowest BCUT2D eigenvalue weighted by Gasteiger charge is -2.12. The zero-order chi connectivity index (χ0) is 18.2. The summed E-state index contributed by atoms with van der Waals surface area (Å²) in [6.07, 6.45) is 0. The fraction of sp³-hybridized carbons (Fsp3) is 0.176. The van der Waals surface area contributed by atoms with Crippen LogP contribution in [0, 0.1) is 28.4 Å². The molecule has 0 atom stereocenters. The molecule has 128 valence electrons. The predicted molar refractivity (Wildman–Crippen MR) is 97.7 cm³/mol. The maximum atomic E-state index is 12.2.